The number of rotatable bonds is 5. The maximum Gasteiger partial charge on any atom is 0.349 e. The molecule has 2 aromatic carbocycles. The summed E-state index contributed by atoms with van der Waals surface area (Å²) < 4.78 is 5.34. The van der Waals surface area contributed by atoms with E-state index in [-0.39, 0.29) is 12.1 Å². The smallest absolute Gasteiger partial charge is 0.349 e. The van der Waals surface area contributed by atoms with Crippen LogP contribution in [0.2, 0.25) is 0 Å². The molecule has 1 amide bonds. The normalized spacial score (nSPS) is 10.7. The van der Waals surface area contributed by atoms with Gasteiger partial charge in [-0.15, -0.1) is 0 Å². The third kappa shape index (κ3) is 3.99. The van der Waals surface area contributed by atoms with Gasteiger partial charge in [-0.25, -0.2) is 4.79 Å². The second-order valence-corrected chi connectivity index (χ2v) is 6.53. The lowest BCUT2D eigenvalue weighted by atomic mass is 10.0. The maximum atomic E-state index is 12.5. The van der Waals surface area contributed by atoms with E-state index in [0.717, 1.165) is 22.9 Å². The van der Waals surface area contributed by atoms with E-state index >= 15 is 0 Å². The van der Waals surface area contributed by atoms with E-state index in [2.05, 4.69) is 22.4 Å². The minimum Gasteiger partial charge on any atom is -0.422 e. The molecule has 0 aliphatic rings. The van der Waals surface area contributed by atoms with Crippen molar-refractivity contribution in [1.82, 2.24) is 10.3 Å². The Labute approximate surface area is 161 Å². The van der Waals surface area contributed by atoms with Crippen LogP contribution in [0.5, 0.6) is 0 Å². The number of carbonyl (C=O) groups is 1. The van der Waals surface area contributed by atoms with Gasteiger partial charge in [0.05, 0.1) is 0 Å². The van der Waals surface area contributed by atoms with Crippen LogP contribution >= 0.6 is 0 Å². The van der Waals surface area contributed by atoms with Gasteiger partial charge in [0.2, 0.25) is 0 Å². The first kappa shape index (κ1) is 17.7. The zero-order valence-electron chi connectivity index (χ0n) is 15.1. The lowest BCUT2D eigenvalue weighted by Crippen LogP contribution is -2.27. The SMILES string of the molecule is O=C(NCc1cccnc1)c1cc2cc(Cc3ccccc3)ccc2oc1=O. The fourth-order valence-corrected chi connectivity index (χ4v) is 3.05. The van der Waals surface area contributed by atoms with Crippen LogP contribution in [0, 0.1) is 0 Å². The number of nitrogens with zero attached hydrogens (tertiary/aromatic N) is 1. The van der Waals surface area contributed by atoms with Gasteiger partial charge < -0.3 is 9.73 Å². The second-order valence-electron chi connectivity index (χ2n) is 6.53. The summed E-state index contributed by atoms with van der Waals surface area (Å²) in [5.41, 5.74) is 2.93. The molecule has 0 atom stereocenters. The average molecular weight is 370 g/mol. The zero-order chi connectivity index (χ0) is 19.3. The van der Waals surface area contributed by atoms with Gasteiger partial charge >= 0.3 is 5.63 Å². The molecule has 0 saturated carbocycles. The van der Waals surface area contributed by atoms with E-state index < -0.39 is 11.5 Å². The molecule has 0 saturated heterocycles. The maximum absolute atomic E-state index is 12.5. The highest BCUT2D eigenvalue weighted by atomic mass is 16.4. The van der Waals surface area contributed by atoms with Crippen LogP contribution in [0.25, 0.3) is 11.0 Å². The molecule has 4 rings (SSSR count). The topological polar surface area (TPSA) is 72.2 Å². The Bertz CT molecular complexity index is 1170. The molecule has 1 N–H and O–H groups in total. The highest BCUT2D eigenvalue weighted by Gasteiger charge is 2.14. The predicted molar refractivity (Wildman–Crippen MR) is 107 cm³/mol. The average Bonchev–Trinajstić information content (AvgIpc) is 2.73. The second kappa shape index (κ2) is 7.88. The monoisotopic (exact) mass is 370 g/mol. The summed E-state index contributed by atoms with van der Waals surface area (Å²) in [6.45, 7) is 0.290. The third-order valence-corrected chi connectivity index (χ3v) is 4.47. The Kier molecular flexibility index (Phi) is 4.97. The van der Waals surface area contributed by atoms with E-state index in [4.69, 9.17) is 4.42 Å². The van der Waals surface area contributed by atoms with Crippen molar-refractivity contribution in [3.8, 4) is 0 Å². The number of pyridine rings is 1. The van der Waals surface area contributed by atoms with E-state index in [1.807, 2.05) is 36.4 Å². The summed E-state index contributed by atoms with van der Waals surface area (Å²) in [7, 11) is 0. The highest BCUT2D eigenvalue weighted by molar-refractivity contribution is 5.96. The first-order valence-electron chi connectivity index (χ1n) is 8.97. The summed E-state index contributed by atoms with van der Waals surface area (Å²) in [6, 6.07) is 21.0. The first-order chi connectivity index (χ1) is 13.7. The number of fused-ring (bicyclic) bond motifs is 1. The van der Waals surface area contributed by atoms with E-state index in [1.54, 1.807) is 30.6 Å². The standard InChI is InChI=1S/C23H18N2O3/c26-22(25-15-18-7-4-10-24-14-18)20-13-19-12-17(8-9-21(19)28-23(20)27)11-16-5-2-1-3-6-16/h1-10,12-14H,11,15H2,(H,25,26). The van der Waals surface area contributed by atoms with E-state index in [9.17, 15) is 9.59 Å². The Balaban J connectivity index is 1.58. The molecule has 0 bridgehead atoms. The molecule has 0 aliphatic heterocycles. The number of aromatic nitrogens is 1. The molecular weight excluding hydrogens is 352 g/mol. The number of amides is 1. The summed E-state index contributed by atoms with van der Waals surface area (Å²) in [6.07, 6.45) is 4.09. The van der Waals surface area contributed by atoms with Crippen molar-refractivity contribution in [2.75, 3.05) is 0 Å². The quantitative estimate of drug-likeness (QED) is 0.544. The molecule has 0 radical (unpaired) electrons. The Morgan fingerprint density at radius 3 is 2.54 bits per heavy atom. The van der Waals surface area contributed by atoms with Gasteiger partial charge in [0.25, 0.3) is 5.91 Å². The Morgan fingerprint density at radius 1 is 0.929 bits per heavy atom. The first-order valence-corrected chi connectivity index (χ1v) is 8.97. The van der Waals surface area contributed by atoms with Gasteiger partial charge in [0.1, 0.15) is 11.1 Å². The highest BCUT2D eigenvalue weighted by Crippen LogP contribution is 2.18. The summed E-state index contributed by atoms with van der Waals surface area (Å²) in [5.74, 6) is -0.465. The molecule has 2 heterocycles. The van der Waals surface area contributed by atoms with Crippen molar-refractivity contribution >= 4 is 16.9 Å². The number of carbonyl (C=O) groups excluding carboxylic acids is 1. The Hall–Kier alpha value is -3.73. The fraction of sp³-hybridized carbons (Fsp3) is 0.0870. The largest absolute Gasteiger partial charge is 0.422 e. The van der Waals surface area contributed by atoms with Gasteiger partial charge in [-0.2, -0.15) is 0 Å². The minimum absolute atomic E-state index is 0.00625. The van der Waals surface area contributed by atoms with Crippen LogP contribution < -0.4 is 10.9 Å². The summed E-state index contributed by atoms with van der Waals surface area (Å²) in [5, 5.41) is 3.46. The van der Waals surface area contributed by atoms with Gasteiger partial charge in [0, 0.05) is 24.3 Å². The zero-order valence-corrected chi connectivity index (χ0v) is 15.1. The Morgan fingerprint density at radius 2 is 1.75 bits per heavy atom. The molecule has 28 heavy (non-hydrogen) atoms. The third-order valence-electron chi connectivity index (χ3n) is 4.47. The number of nitrogens with one attached hydrogen (secondary N) is 1. The molecular formula is C23H18N2O3. The van der Waals surface area contributed by atoms with Crippen LogP contribution in [-0.2, 0) is 13.0 Å². The molecule has 0 aliphatic carbocycles. The number of hydrogen-bond acceptors (Lipinski definition) is 4. The van der Waals surface area contributed by atoms with Crippen molar-refractivity contribution in [1.29, 1.82) is 0 Å². The molecule has 4 aromatic rings. The lowest BCUT2D eigenvalue weighted by molar-refractivity contribution is 0.0947. The van der Waals surface area contributed by atoms with Gasteiger partial charge in [-0.3, -0.25) is 9.78 Å². The molecule has 5 heteroatoms. The van der Waals surface area contributed by atoms with Crippen LogP contribution in [0.1, 0.15) is 27.0 Å². The number of benzene rings is 2. The van der Waals surface area contributed by atoms with Gasteiger partial charge in [-0.1, -0.05) is 42.5 Å². The molecule has 0 spiro atoms. The van der Waals surface area contributed by atoms with Crippen LogP contribution in [-0.4, -0.2) is 10.9 Å². The fourth-order valence-electron chi connectivity index (χ4n) is 3.05. The van der Waals surface area contributed by atoms with Gasteiger partial charge in [0.15, 0.2) is 0 Å². The molecule has 0 unspecified atom stereocenters. The van der Waals surface area contributed by atoms with Crippen molar-refractivity contribution in [3.63, 3.8) is 0 Å². The predicted octanol–water partition coefficient (Wildman–Crippen LogP) is 3.71. The molecule has 2 aromatic heterocycles. The summed E-state index contributed by atoms with van der Waals surface area (Å²) >= 11 is 0. The lowest BCUT2D eigenvalue weighted by Gasteiger charge is -2.07. The molecule has 138 valence electrons. The molecule has 5 nitrogen and oxygen atoms in total. The van der Waals surface area contributed by atoms with E-state index in [0.29, 0.717) is 5.58 Å². The molecule has 0 fully saturated rings. The summed E-state index contributed by atoms with van der Waals surface area (Å²) in [4.78, 5) is 28.7. The van der Waals surface area contributed by atoms with Gasteiger partial charge in [-0.05, 0) is 47.4 Å². The van der Waals surface area contributed by atoms with Crippen molar-refractivity contribution in [2.45, 2.75) is 13.0 Å². The van der Waals surface area contributed by atoms with Crippen LogP contribution in [0.4, 0.5) is 0 Å². The minimum atomic E-state index is -0.646. The van der Waals surface area contributed by atoms with Crippen LogP contribution in [0.3, 0.4) is 0 Å². The van der Waals surface area contributed by atoms with Crippen molar-refractivity contribution in [3.05, 3.63) is 112 Å². The van der Waals surface area contributed by atoms with E-state index in [1.165, 1.54) is 5.56 Å². The van der Waals surface area contributed by atoms with Crippen molar-refractivity contribution < 1.29 is 9.21 Å². The van der Waals surface area contributed by atoms with Crippen molar-refractivity contribution in [2.24, 2.45) is 0 Å². The van der Waals surface area contributed by atoms with Crippen LogP contribution in [0.15, 0.2) is 88.3 Å². The number of hydrogen-bond donors (Lipinski definition) is 1.